The summed E-state index contributed by atoms with van der Waals surface area (Å²) in [7, 11) is -4.45. The largest absolute Gasteiger partial charge is 0.744 e. The van der Waals surface area contributed by atoms with Crippen LogP contribution in [0.15, 0.2) is 29.2 Å². The maximum absolute atomic E-state index is 11.9. The minimum Gasteiger partial charge on any atom is -0.744 e. The molecule has 0 aliphatic rings. The van der Waals surface area contributed by atoms with E-state index in [1.807, 2.05) is 6.07 Å². The molecule has 45 heavy (non-hydrogen) atoms. The molecule has 264 valence electrons. The molecule has 0 saturated heterocycles. The average Bonchev–Trinajstić information content (AvgIpc) is 3.02. The van der Waals surface area contributed by atoms with Gasteiger partial charge in [0, 0.05) is 5.56 Å². The van der Waals surface area contributed by atoms with E-state index >= 15 is 0 Å². The Balaban J connectivity index is 2.85. The van der Waals surface area contributed by atoms with Gasteiger partial charge >= 0.3 is 0 Å². The number of unbranched alkanes of at least 4 members (excludes halogenated alkanes) is 24. The molecular formula is C40H75NO3S. The Hall–Kier alpha value is -0.910. The SMILES string of the molecule is CCCCCCCCCCC[N+](CCCCCCCCCCC)(CCCCCCCCCCC)Cc1cccc(S(=O)(=O)[O-])c1. The van der Waals surface area contributed by atoms with E-state index in [4.69, 9.17) is 0 Å². The lowest BCUT2D eigenvalue weighted by Gasteiger charge is -2.40. The maximum atomic E-state index is 11.9. The van der Waals surface area contributed by atoms with Crippen LogP contribution in [-0.4, -0.2) is 37.1 Å². The summed E-state index contributed by atoms with van der Waals surface area (Å²) in [5.74, 6) is 0. The molecule has 0 N–H and O–H groups in total. The second kappa shape index (κ2) is 28.1. The normalized spacial score (nSPS) is 12.3. The summed E-state index contributed by atoms with van der Waals surface area (Å²) in [4.78, 5) is -0.0766. The summed E-state index contributed by atoms with van der Waals surface area (Å²) in [6.07, 6.45) is 36.0. The van der Waals surface area contributed by atoms with E-state index < -0.39 is 10.1 Å². The van der Waals surface area contributed by atoms with E-state index in [0.717, 1.165) is 36.2 Å². The van der Waals surface area contributed by atoms with Gasteiger partial charge in [-0.1, -0.05) is 168 Å². The van der Waals surface area contributed by atoms with Gasteiger partial charge in [0.1, 0.15) is 16.7 Å². The lowest BCUT2D eigenvalue weighted by Crippen LogP contribution is -2.49. The highest BCUT2D eigenvalue weighted by molar-refractivity contribution is 7.85. The van der Waals surface area contributed by atoms with Crippen molar-refractivity contribution in [2.45, 2.75) is 206 Å². The topological polar surface area (TPSA) is 57.2 Å². The zero-order valence-corrected chi connectivity index (χ0v) is 31.1. The zero-order valence-electron chi connectivity index (χ0n) is 30.3. The molecule has 1 rings (SSSR count). The standard InChI is InChI=1S/C40H75NO3S/c1-4-7-10-13-16-19-22-25-28-34-41(35-29-26-23-20-17-14-11-8-5-2,36-30-27-24-21-18-15-12-9-6-3)38-39-32-31-33-40(37-39)45(42,43)44/h31-33,37H,4-30,34-36,38H2,1-3H3. The third kappa shape index (κ3) is 23.1. The Morgan fingerprint density at radius 1 is 0.489 bits per heavy atom. The summed E-state index contributed by atoms with van der Waals surface area (Å²) >= 11 is 0. The molecule has 0 amide bonds. The third-order valence-electron chi connectivity index (χ3n) is 9.91. The van der Waals surface area contributed by atoms with Crippen LogP contribution >= 0.6 is 0 Å². The first-order valence-corrected chi connectivity index (χ1v) is 21.2. The molecule has 0 atom stereocenters. The average molecular weight is 650 g/mol. The fourth-order valence-corrected chi connectivity index (χ4v) is 7.57. The van der Waals surface area contributed by atoms with Gasteiger partial charge in [-0.3, -0.25) is 0 Å². The van der Waals surface area contributed by atoms with Crippen molar-refractivity contribution >= 4 is 10.1 Å². The van der Waals surface area contributed by atoms with E-state index in [9.17, 15) is 13.0 Å². The molecular weight excluding hydrogens is 575 g/mol. The van der Waals surface area contributed by atoms with Gasteiger partial charge in [-0.2, -0.15) is 0 Å². The molecule has 0 aliphatic carbocycles. The molecule has 0 saturated carbocycles. The fourth-order valence-electron chi connectivity index (χ4n) is 7.03. The Labute approximate surface area is 281 Å². The van der Waals surface area contributed by atoms with Gasteiger partial charge < -0.3 is 9.04 Å². The summed E-state index contributed by atoms with van der Waals surface area (Å²) in [6.45, 7) is 11.2. The van der Waals surface area contributed by atoms with Gasteiger partial charge in [0.25, 0.3) is 0 Å². The predicted molar refractivity (Wildman–Crippen MR) is 195 cm³/mol. The quantitative estimate of drug-likeness (QED) is 0.0432. The molecule has 1 aromatic carbocycles. The van der Waals surface area contributed by atoms with Crippen LogP contribution in [0, 0.1) is 0 Å². The molecule has 0 heterocycles. The summed E-state index contributed by atoms with van der Waals surface area (Å²) in [6, 6.07) is 6.94. The highest BCUT2D eigenvalue weighted by atomic mass is 32.2. The van der Waals surface area contributed by atoms with E-state index in [1.165, 1.54) is 179 Å². The van der Waals surface area contributed by atoms with E-state index in [2.05, 4.69) is 20.8 Å². The number of hydrogen-bond donors (Lipinski definition) is 0. The molecule has 0 radical (unpaired) electrons. The minimum absolute atomic E-state index is 0.0766. The number of rotatable bonds is 33. The summed E-state index contributed by atoms with van der Waals surface area (Å²) in [5, 5.41) is 0. The van der Waals surface area contributed by atoms with Crippen molar-refractivity contribution in [3.63, 3.8) is 0 Å². The minimum atomic E-state index is -4.45. The van der Waals surface area contributed by atoms with Crippen LogP contribution in [0.3, 0.4) is 0 Å². The molecule has 0 fully saturated rings. The van der Waals surface area contributed by atoms with Gasteiger partial charge in [0.15, 0.2) is 0 Å². The molecule has 0 spiro atoms. The number of hydrogen-bond acceptors (Lipinski definition) is 3. The van der Waals surface area contributed by atoms with Crippen LogP contribution in [0.25, 0.3) is 0 Å². The monoisotopic (exact) mass is 650 g/mol. The van der Waals surface area contributed by atoms with Gasteiger partial charge in [-0.25, -0.2) is 8.42 Å². The maximum Gasteiger partial charge on any atom is 0.124 e. The highest BCUT2D eigenvalue weighted by Crippen LogP contribution is 2.24. The van der Waals surface area contributed by atoms with Crippen LogP contribution in [0.2, 0.25) is 0 Å². The zero-order chi connectivity index (χ0) is 32.9. The smallest absolute Gasteiger partial charge is 0.124 e. The van der Waals surface area contributed by atoms with Gasteiger partial charge in [0.2, 0.25) is 0 Å². The molecule has 0 unspecified atom stereocenters. The van der Waals surface area contributed by atoms with Crippen molar-refractivity contribution in [1.29, 1.82) is 0 Å². The molecule has 0 aromatic heterocycles. The second-order valence-electron chi connectivity index (χ2n) is 14.3. The molecule has 0 aliphatic heterocycles. The van der Waals surface area contributed by atoms with Gasteiger partial charge in [0.05, 0.1) is 24.5 Å². The highest BCUT2D eigenvalue weighted by Gasteiger charge is 2.27. The van der Waals surface area contributed by atoms with E-state index in [0.29, 0.717) is 0 Å². The Morgan fingerprint density at radius 2 is 0.800 bits per heavy atom. The lowest BCUT2D eigenvalue weighted by molar-refractivity contribution is -0.941. The second-order valence-corrected chi connectivity index (χ2v) is 15.6. The van der Waals surface area contributed by atoms with Crippen LogP contribution in [0.4, 0.5) is 0 Å². The van der Waals surface area contributed by atoms with Crippen LogP contribution in [0.5, 0.6) is 0 Å². The Kier molecular flexibility index (Phi) is 26.3. The Morgan fingerprint density at radius 3 is 1.11 bits per heavy atom. The van der Waals surface area contributed by atoms with Crippen LogP contribution < -0.4 is 0 Å². The first kappa shape index (κ1) is 42.1. The molecule has 1 aromatic rings. The Bertz CT molecular complexity index is 845. The molecule has 0 bridgehead atoms. The van der Waals surface area contributed by atoms with Crippen molar-refractivity contribution in [2.75, 3.05) is 19.6 Å². The van der Waals surface area contributed by atoms with E-state index in [1.54, 1.807) is 12.1 Å². The fraction of sp³-hybridized carbons (Fsp3) is 0.850. The van der Waals surface area contributed by atoms with Crippen molar-refractivity contribution in [2.24, 2.45) is 0 Å². The van der Waals surface area contributed by atoms with Crippen molar-refractivity contribution in [1.82, 2.24) is 0 Å². The van der Waals surface area contributed by atoms with E-state index in [-0.39, 0.29) is 4.90 Å². The number of benzene rings is 1. The van der Waals surface area contributed by atoms with Gasteiger partial charge in [-0.15, -0.1) is 0 Å². The first-order chi connectivity index (χ1) is 21.9. The first-order valence-electron chi connectivity index (χ1n) is 19.8. The number of nitrogens with zero attached hydrogens (tertiary/aromatic N) is 1. The summed E-state index contributed by atoms with van der Waals surface area (Å²) in [5.41, 5.74) is 1.01. The molecule has 5 heteroatoms. The van der Waals surface area contributed by atoms with Crippen LogP contribution in [0.1, 0.15) is 200 Å². The van der Waals surface area contributed by atoms with Crippen molar-refractivity contribution < 1.29 is 17.5 Å². The predicted octanol–water partition coefficient (Wildman–Crippen LogP) is 12.5. The van der Waals surface area contributed by atoms with Crippen LogP contribution in [-0.2, 0) is 16.7 Å². The number of quaternary nitrogens is 1. The van der Waals surface area contributed by atoms with Crippen molar-refractivity contribution in [3.8, 4) is 0 Å². The third-order valence-corrected chi connectivity index (χ3v) is 10.7. The molecule has 4 nitrogen and oxygen atoms in total. The van der Waals surface area contributed by atoms with Crippen molar-refractivity contribution in [3.05, 3.63) is 29.8 Å². The summed E-state index contributed by atoms with van der Waals surface area (Å²) < 4.78 is 36.6. The van der Waals surface area contributed by atoms with Gasteiger partial charge in [-0.05, 0) is 50.7 Å². The lowest BCUT2D eigenvalue weighted by atomic mass is 10.0.